The lowest BCUT2D eigenvalue weighted by Crippen LogP contribution is -2.32. The van der Waals surface area contributed by atoms with Gasteiger partial charge in [-0.2, -0.15) is 0 Å². The molecule has 4 heteroatoms. The number of carbonyl (C=O) groups excluding carboxylic acids is 1. The van der Waals surface area contributed by atoms with Crippen LogP contribution in [0.25, 0.3) is 10.9 Å². The van der Waals surface area contributed by atoms with Gasteiger partial charge >= 0.3 is 0 Å². The summed E-state index contributed by atoms with van der Waals surface area (Å²) in [5.74, 6) is -0.424. The predicted molar refractivity (Wildman–Crippen MR) is 95.0 cm³/mol. The highest BCUT2D eigenvalue weighted by molar-refractivity contribution is 6.08. The lowest BCUT2D eigenvalue weighted by Gasteiger charge is -2.23. The van der Waals surface area contributed by atoms with Crippen LogP contribution in [0.3, 0.4) is 0 Å². The van der Waals surface area contributed by atoms with Gasteiger partial charge in [0.1, 0.15) is 5.82 Å². The number of benzene rings is 2. The van der Waals surface area contributed by atoms with Crippen molar-refractivity contribution < 1.29 is 9.18 Å². The Labute approximate surface area is 140 Å². The molecule has 3 rings (SSSR count). The molecule has 1 aromatic heterocycles. The standard InChI is InChI=1S/C20H19FN2O/c1-4-23(19-8-6-5-7-13(19)2)20(24)17-11-15-9-10-16(21)12-18(15)22-14(17)3/h5-12H,4H2,1-3H3. The summed E-state index contributed by atoms with van der Waals surface area (Å²) in [6, 6.07) is 14.0. The molecule has 0 atom stereocenters. The normalized spacial score (nSPS) is 10.8. The average molecular weight is 322 g/mol. The Balaban J connectivity index is 2.08. The van der Waals surface area contributed by atoms with Crippen LogP contribution in [-0.2, 0) is 0 Å². The first-order valence-electron chi connectivity index (χ1n) is 7.95. The number of halogens is 1. The van der Waals surface area contributed by atoms with Crippen molar-refractivity contribution in [3.8, 4) is 0 Å². The molecule has 1 heterocycles. The minimum absolute atomic E-state index is 0.0944. The number of hydrogen-bond donors (Lipinski definition) is 0. The van der Waals surface area contributed by atoms with Crippen LogP contribution >= 0.6 is 0 Å². The van der Waals surface area contributed by atoms with Crippen molar-refractivity contribution in [2.75, 3.05) is 11.4 Å². The van der Waals surface area contributed by atoms with Crippen LogP contribution in [0, 0.1) is 19.7 Å². The van der Waals surface area contributed by atoms with Crippen molar-refractivity contribution in [1.29, 1.82) is 0 Å². The van der Waals surface area contributed by atoms with E-state index >= 15 is 0 Å². The van der Waals surface area contributed by atoms with Gasteiger partial charge in [-0.25, -0.2) is 4.39 Å². The molecule has 0 radical (unpaired) electrons. The molecule has 0 aliphatic rings. The molecule has 0 saturated heterocycles. The molecule has 0 bridgehead atoms. The fourth-order valence-corrected chi connectivity index (χ4v) is 2.89. The van der Waals surface area contributed by atoms with Crippen LogP contribution in [0.4, 0.5) is 10.1 Å². The monoisotopic (exact) mass is 322 g/mol. The maximum atomic E-state index is 13.4. The van der Waals surface area contributed by atoms with E-state index in [9.17, 15) is 9.18 Å². The Hall–Kier alpha value is -2.75. The number of nitrogens with zero attached hydrogens (tertiary/aromatic N) is 2. The summed E-state index contributed by atoms with van der Waals surface area (Å²) in [6.07, 6.45) is 0. The first-order chi connectivity index (χ1) is 11.5. The summed E-state index contributed by atoms with van der Waals surface area (Å²) in [4.78, 5) is 19.2. The van der Waals surface area contributed by atoms with Gasteiger partial charge in [-0.1, -0.05) is 18.2 Å². The van der Waals surface area contributed by atoms with E-state index in [1.807, 2.05) is 38.1 Å². The number of aromatic nitrogens is 1. The Morgan fingerprint density at radius 3 is 2.58 bits per heavy atom. The van der Waals surface area contributed by atoms with Crippen molar-refractivity contribution in [3.05, 3.63) is 71.2 Å². The Bertz CT molecular complexity index is 921. The van der Waals surface area contributed by atoms with Gasteiger partial charge in [0.2, 0.25) is 0 Å². The van der Waals surface area contributed by atoms with Gasteiger partial charge in [-0.05, 0) is 50.6 Å². The number of anilines is 1. The Morgan fingerprint density at radius 1 is 1.12 bits per heavy atom. The van der Waals surface area contributed by atoms with Gasteiger partial charge in [0, 0.05) is 23.7 Å². The molecule has 1 amide bonds. The second kappa shape index (κ2) is 6.40. The third-order valence-electron chi connectivity index (χ3n) is 4.17. The van der Waals surface area contributed by atoms with E-state index in [0.717, 1.165) is 16.6 Å². The van der Waals surface area contributed by atoms with Crippen LogP contribution in [-0.4, -0.2) is 17.4 Å². The highest BCUT2D eigenvalue weighted by Gasteiger charge is 2.20. The van der Waals surface area contributed by atoms with Crippen molar-refractivity contribution in [1.82, 2.24) is 4.98 Å². The van der Waals surface area contributed by atoms with Gasteiger partial charge in [-0.15, -0.1) is 0 Å². The molecule has 0 fully saturated rings. The number of hydrogen-bond acceptors (Lipinski definition) is 2. The van der Waals surface area contributed by atoms with E-state index in [1.54, 1.807) is 24.0 Å². The van der Waals surface area contributed by atoms with Gasteiger partial charge in [-0.3, -0.25) is 9.78 Å². The minimum atomic E-state index is -0.330. The van der Waals surface area contributed by atoms with E-state index in [0.29, 0.717) is 23.3 Å². The first kappa shape index (κ1) is 16.1. The minimum Gasteiger partial charge on any atom is -0.308 e. The fraction of sp³-hybridized carbons (Fsp3) is 0.200. The van der Waals surface area contributed by atoms with Gasteiger partial charge in [0.25, 0.3) is 5.91 Å². The zero-order valence-corrected chi connectivity index (χ0v) is 14.0. The van der Waals surface area contributed by atoms with Crippen LogP contribution in [0.5, 0.6) is 0 Å². The molecule has 3 aromatic rings. The SMILES string of the molecule is CCN(C(=O)c1cc2ccc(F)cc2nc1C)c1ccccc1C. The number of carbonyl (C=O) groups is 1. The average Bonchev–Trinajstić information content (AvgIpc) is 2.56. The predicted octanol–water partition coefficient (Wildman–Crippen LogP) is 4.66. The highest BCUT2D eigenvalue weighted by atomic mass is 19.1. The third-order valence-corrected chi connectivity index (χ3v) is 4.17. The molecule has 0 spiro atoms. The van der Waals surface area contributed by atoms with Crippen LogP contribution in [0.2, 0.25) is 0 Å². The molecular formula is C20H19FN2O. The number of fused-ring (bicyclic) bond motifs is 1. The molecule has 122 valence electrons. The summed E-state index contributed by atoms with van der Waals surface area (Å²) < 4.78 is 13.4. The molecule has 3 nitrogen and oxygen atoms in total. The summed E-state index contributed by atoms with van der Waals surface area (Å²) in [5.41, 5.74) is 3.64. The Morgan fingerprint density at radius 2 is 1.88 bits per heavy atom. The van der Waals surface area contributed by atoms with Crippen LogP contribution in [0.1, 0.15) is 28.5 Å². The molecule has 24 heavy (non-hydrogen) atoms. The largest absolute Gasteiger partial charge is 0.308 e. The molecule has 0 aliphatic heterocycles. The molecule has 2 aromatic carbocycles. The lowest BCUT2D eigenvalue weighted by molar-refractivity contribution is 0.0987. The van der Waals surface area contributed by atoms with Crippen molar-refractivity contribution in [3.63, 3.8) is 0 Å². The van der Waals surface area contributed by atoms with Crippen LogP contribution in [0.15, 0.2) is 48.5 Å². The van der Waals surface area contributed by atoms with E-state index < -0.39 is 0 Å². The summed E-state index contributed by atoms with van der Waals surface area (Å²) in [7, 11) is 0. The zero-order valence-electron chi connectivity index (χ0n) is 14.0. The smallest absolute Gasteiger partial charge is 0.260 e. The number of aryl methyl sites for hydroxylation is 2. The van der Waals surface area contributed by atoms with Crippen molar-refractivity contribution >= 4 is 22.5 Å². The van der Waals surface area contributed by atoms with Crippen LogP contribution < -0.4 is 4.90 Å². The highest BCUT2D eigenvalue weighted by Crippen LogP contribution is 2.24. The molecule has 0 N–H and O–H groups in total. The van der Waals surface area contributed by atoms with Gasteiger partial charge in [0.15, 0.2) is 0 Å². The van der Waals surface area contributed by atoms with Gasteiger partial charge < -0.3 is 4.90 Å². The molecule has 0 aliphatic carbocycles. The molecular weight excluding hydrogens is 303 g/mol. The van der Waals surface area contributed by atoms with E-state index in [4.69, 9.17) is 0 Å². The Kier molecular flexibility index (Phi) is 4.30. The van der Waals surface area contributed by atoms with E-state index in [1.165, 1.54) is 12.1 Å². The summed E-state index contributed by atoms with van der Waals surface area (Å²) in [6.45, 7) is 6.27. The maximum Gasteiger partial charge on any atom is 0.260 e. The quantitative estimate of drug-likeness (QED) is 0.703. The fourth-order valence-electron chi connectivity index (χ4n) is 2.89. The number of pyridine rings is 1. The third kappa shape index (κ3) is 2.87. The lowest BCUT2D eigenvalue weighted by atomic mass is 10.1. The first-order valence-corrected chi connectivity index (χ1v) is 7.95. The number of amides is 1. The maximum absolute atomic E-state index is 13.4. The number of para-hydroxylation sites is 1. The second-order valence-corrected chi connectivity index (χ2v) is 5.79. The van der Waals surface area contributed by atoms with Crippen molar-refractivity contribution in [2.45, 2.75) is 20.8 Å². The zero-order chi connectivity index (χ0) is 17.3. The van der Waals surface area contributed by atoms with E-state index in [-0.39, 0.29) is 11.7 Å². The topological polar surface area (TPSA) is 33.2 Å². The molecule has 0 unspecified atom stereocenters. The number of rotatable bonds is 3. The van der Waals surface area contributed by atoms with E-state index in [2.05, 4.69) is 4.98 Å². The molecule has 0 saturated carbocycles. The van der Waals surface area contributed by atoms with Gasteiger partial charge in [0.05, 0.1) is 16.8 Å². The summed E-state index contributed by atoms with van der Waals surface area (Å²) in [5, 5.41) is 0.756. The second-order valence-electron chi connectivity index (χ2n) is 5.79. The van der Waals surface area contributed by atoms with Crippen molar-refractivity contribution in [2.24, 2.45) is 0 Å². The summed E-state index contributed by atoms with van der Waals surface area (Å²) >= 11 is 0.